The van der Waals surface area contributed by atoms with Crippen LogP contribution in [0, 0.1) is 0 Å². The highest BCUT2D eigenvalue weighted by atomic mass is 16.3. The van der Waals surface area contributed by atoms with Crippen LogP contribution in [0.15, 0.2) is 180 Å². The fraction of sp³-hybridized carbons (Fsp3) is 0.0556. The van der Waals surface area contributed by atoms with E-state index in [9.17, 15) is 0 Å². The standard InChI is InChI=1S/C54H35N3O/c1-54(2)46-20-10-9-18-41(46)44-30-37(24-27-47(44)54)52-55-51(36-23-22-32-12-3-4-13-33(32)28-36)56-53(57-52)43-26-25-40(38-16-7-8-17-39(38)43)42-19-11-21-48-50(42)45-29-34-14-5-6-15-35(34)31-49(45)58-48/h3-31H,1-2H3. The Bertz CT molecular complexity index is 3500. The van der Waals surface area contributed by atoms with Gasteiger partial charge in [-0.25, -0.2) is 15.0 Å². The second kappa shape index (κ2) is 12.3. The normalized spacial score (nSPS) is 13.1. The number of aromatic nitrogens is 3. The predicted octanol–water partition coefficient (Wildman–Crippen LogP) is 14.2. The summed E-state index contributed by atoms with van der Waals surface area (Å²) in [7, 11) is 0. The smallest absolute Gasteiger partial charge is 0.164 e. The van der Waals surface area contributed by atoms with E-state index in [1.165, 1.54) is 38.4 Å². The molecule has 0 amide bonds. The van der Waals surface area contributed by atoms with Crippen LogP contribution < -0.4 is 0 Å². The molecule has 0 N–H and O–H groups in total. The Labute approximate surface area is 335 Å². The number of benzene rings is 9. The summed E-state index contributed by atoms with van der Waals surface area (Å²) in [5, 5.41) is 9.09. The van der Waals surface area contributed by atoms with E-state index >= 15 is 0 Å². The van der Waals surface area contributed by atoms with Gasteiger partial charge in [-0.15, -0.1) is 0 Å². The molecule has 1 aliphatic rings. The molecule has 0 fully saturated rings. The third kappa shape index (κ3) is 4.91. The van der Waals surface area contributed by atoms with Crippen molar-refractivity contribution in [3.05, 3.63) is 187 Å². The maximum absolute atomic E-state index is 6.50. The zero-order valence-electron chi connectivity index (χ0n) is 32.0. The minimum Gasteiger partial charge on any atom is -0.456 e. The average molecular weight is 742 g/mol. The van der Waals surface area contributed by atoms with Crippen LogP contribution in [0.25, 0.3) is 111 Å². The molecule has 2 aromatic heterocycles. The fourth-order valence-electron chi connectivity index (χ4n) is 9.41. The molecule has 0 aliphatic heterocycles. The third-order valence-corrected chi connectivity index (χ3v) is 12.3. The highest BCUT2D eigenvalue weighted by Gasteiger charge is 2.35. The van der Waals surface area contributed by atoms with Gasteiger partial charge in [-0.2, -0.15) is 0 Å². The van der Waals surface area contributed by atoms with E-state index in [2.05, 4.69) is 190 Å². The molecule has 4 heteroatoms. The summed E-state index contributed by atoms with van der Waals surface area (Å²) in [5.41, 5.74) is 11.9. The topological polar surface area (TPSA) is 51.8 Å². The van der Waals surface area contributed by atoms with Crippen molar-refractivity contribution < 1.29 is 4.42 Å². The quantitative estimate of drug-likeness (QED) is 0.180. The Morgan fingerprint density at radius 1 is 0.362 bits per heavy atom. The van der Waals surface area contributed by atoms with Gasteiger partial charge < -0.3 is 4.42 Å². The summed E-state index contributed by atoms with van der Waals surface area (Å²) < 4.78 is 6.50. The van der Waals surface area contributed by atoms with E-state index in [4.69, 9.17) is 19.4 Å². The molecule has 0 saturated carbocycles. The molecule has 4 nitrogen and oxygen atoms in total. The molecule has 1 aliphatic carbocycles. The van der Waals surface area contributed by atoms with Crippen molar-refractivity contribution >= 4 is 54.3 Å². The number of nitrogens with zero attached hydrogens (tertiary/aromatic N) is 3. The Morgan fingerprint density at radius 2 is 0.948 bits per heavy atom. The van der Waals surface area contributed by atoms with Gasteiger partial charge in [0.15, 0.2) is 17.5 Å². The van der Waals surface area contributed by atoms with Gasteiger partial charge in [0.1, 0.15) is 11.2 Å². The molecule has 58 heavy (non-hydrogen) atoms. The van der Waals surface area contributed by atoms with E-state index in [0.29, 0.717) is 17.5 Å². The van der Waals surface area contributed by atoms with Crippen LogP contribution in [0.5, 0.6) is 0 Å². The monoisotopic (exact) mass is 741 g/mol. The number of hydrogen-bond donors (Lipinski definition) is 0. The van der Waals surface area contributed by atoms with Gasteiger partial charge in [0.05, 0.1) is 0 Å². The van der Waals surface area contributed by atoms with Gasteiger partial charge in [-0.1, -0.05) is 153 Å². The molecule has 272 valence electrons. The summed E-state index contributed by atoms with van der Waals surface area (Å²) in [5.74, 6) is 1.92. The fourth-order valence-corrected chi connectivity index (χ4v) is 9.41. The maximum Gasteiger partial charge on any atom is 0.164 e. The van der Waals surface area contributed by atoms with Gasteiger partial charge in [-0.3, -0.25) is 0 Å². The van der Waals surface area contributed by atoms with Gasteiger partial charge >= 0.3 is 0 Å². The highest BCUT2D eigenvalue weighted by molar-refractivity contribution is 6.18. The van der Waals surface area contributed by atoms with E-state index < -0.39 is 0 Å². The zero-order chi connectivity index (χ0) is 38.5. The molecule has 9 aromatic carbocycles. The molecule has 0 radical (unpaired) electrons. The molecule has 0 unspecified atom stereocenters. The van der Waals surface area contributed by atoms with Crippen LogP contribution in [0.2, 0.25) is 0 Å². The van der Waals surface area contributed by atoms with Crippen molar-refractivity contribution in [1.82, 2.24) is 15.0 Å². The van der Waals surface area contributed by atoms with Crippen molar-refractivity contribution in [3.63, 3.8) is 0 Å². The van der Waals surface area contributed by atoms with Crippen molar-refractivity contribution in [2.24, 2.45) is 0 Å². The van der Waals surface area contributed by atoms with Crippen molar-refractivity contribution in [2.75, 3.05) is 0 Å². The summed E-state index contributed by atoms with van der Waals surface area (Å²) in [6, 6.07) is 62.6. The first-order chi connectivity index (χ1) is 28.5. The largest absolute Gasteiger partial charge is 0.456 e. The second-order valence-electron chi connectivity index (χ2n) is 16.0. The molecule has 2 heterocycles. The summed E-state index contributed by atoms with van der Waals surface area (Å²) >= 11 is 0. The molecular weight excluding hydrogens is 707 g/mol. The molecular formula is C54H35N3O. The lowest BCUT2D eigenvalue weighted by atomic mass is 9.82. The van der Waals surface area contributed by atoms with E-state index in [1.54, 1.807) is 0 Å². The number of hydrogen-bond acceptors (Lipinski definition) is 4. The van der Waals surface area contributed by atoms with Crippen LogP contribution in [-0.4, -0.2) is 15.0 Å². The predicted molar refractivity (Wildman–Crippen MR) is 239 cm³/mol. The second-order valence-corrected chi connectivity index (χ2v) is 16.0. The van der Waals surface area contributed by atoms with Crippen LogP contribution in [-0.2, 0) is 5.41 Å². The molecule has 0 atom stereocenters. The number of fused-ring (bicyclic) bond motifs is 9. The van der Waals surface area contributed by atoms with E-state index in [1.807, 2.05) is 0 Å². The molecule has 0 bridgehead atoms. The van der Waals surface area contributed by atoms with Gasteiger partial charge in [0.25, 0.3) is 0 Å². The maximum atomic E-state index is 6.50. The Balaban J connectivity index is 1.07. The average Bonchev–Trinajstić information content (AvgIpc) is 3.75. The Morgan fingerprint density at radius 3 is 1.76 bits per heavy atom. The van der Waals surface area contributed by atoms with Crippen molar-refractivity contribution in [2.45, 2.75) is 19.3 Å². The van der Waals surface area contributed by atoms with E-state index in [0.717, 1.165) is 65.9 Å². The molecule has 0 saturated heterocycles. The molecule has 11 aromatic rings. The SMILES string of the molecule is CC1(C)c2ccccc2-c2cc(-c3nc(-c4ccc5ccccc5c4)nc(-c4ccc(-c5cccc6oc7cc8ccccc8cc7c56)c5ccccc45)n3)ccc21. The minimum absolute atomic E-state index is 0.0908. The van der Waals surface area contributed by atoms with Gasteiger partial charge in [-0.05, 0) is 102 Å². The molecule has 12 rings (SSSR count). The summed E-state index contributed by atoms with van der Waals surface area (Å²) in [6.45, 7) is 4.62. The third-order valence-electron chi connectivity index (χ3n) is 12.3. The van der Waals surface area contributed by atoms with Gasteiger partial charge in [0, 0.05) is 32.9 Å². The van der Waals surface area contributed by atoms with Crippen LogP contribution in [0.1, 0.15) is 25.0 Å². The van der Waals surface area contributed by atoms with Gasteiger partial charge in [0.2, 0.25) is 0 Å². The van der Waals surface area contributed by atoms with Crippen LogP contribution in [0.4, 0.5) is 0 Å². The molecule has 0 spiro atoms. The first-order valence-electron chi connectivity index (χ1n) is 19.8. The minimum atomic E-state index is -0.0908. The zero-order valence-corrected chi connectivity index (χ0v) is 32.0. The first kappa shape index (κ1) is 32.8. The Hall–Kier alpha value is -7.43. The summed E-state index contributed by atoms with van der Waals surface area (Å²) in [6.07, 6.45) is 0. The van der Waals surface area contributed by atoms with Crippen LogP contribution >= 0.6 is 0 Å². The first-order valence-corrected chi connectivity index (χ1v) is 19.8. The number of furan rings is 1. The Kier molecular flexibility index (Phi) is 6.94. The lowest BCUT2D eigenvalue weighted by molar-refractivity contribution is 0.660. The number of rotatable bonds is 4. The van der Waals surface area contributed by atoms with E-state index in [-0.39, 0.29) is 5.41 Å². The van der Waals surface area contributed by atoms with Crippen LogP contribution in [0.3, 0.4) is 0 Å². The van der Waals surface area contributed by atoms with Crippen molar-refractivity contribution in [1.29, 1.82) is 0 Å². The lowest BCUT2D eigenvalue weighted by Crippen LogP contribution is -2.14. The highest BCUT2D eigenvalue weighted by Crippen LogP contribution is 2.49. The van der Waals surface area contributed by atoms with Crippen molar-refractivity contribution in [3.8, 4) is 56.4 Å². The summed E-state index contributed by atoms with van der Waals surface area (Å²) in [4.78, 5) is 15.8. The lowest BCUT2D eigenvalue weighted by Gasteiger charge is -2.21.